The van der Waals surface area contributed by atoms with Crippen molar-refractivity contribution in [3.63, 3.8) is 0 Å². The van der Waals surface area contributed by atoms with Crippen molar-refractivity contribution in [2.45, 2.75) is 37.6 Å². The van der Waals surface area contributed by atoms with Crippen LogP contribution in [0.1, 0.15) is 23.1 Å². The first kappa shape index (κ1) is 24.8. The van der Waals surface area contributed by atoms with Crippen molar-refractivity contribution in [1.29, 1.82) is 0 Å². The number of aromatic amines is 1. The Hall–Kier alpha value is -2.82. The molecule has 8 nitrogen and oxygen atoms in total. The number of sulfonamides is 1. The number of rotatable bonds is 9. The van der Waals surface area contributed by atoms with Gasteiger partial charge in [-0.1, -0.05) is 30.3 Å². The third-order valence-electron chi connectivity index (χ3n) is 5.21. The Labute approximate surface area is 197 Å². The normalized spacial score (nSPS) is 12.5. The summed E-state index contributed by atoms with van der Waals surface area (Å²) in [6, 6.07) is 11.7. The van der Waals surface area contributed by atoms with E-state index >= 15 is 0 Å². The van der Waals surface area contributed by atoms with E-state index in [4.69, 9.17) is 0 Å². The SMILES string of the molecule is CSCCC(NS(=O)(=O)c1cc(C)ccc1C)C(=O)NNC(=O)Cc1c[nH]c2ccccc12. The summed E-state index contributed by atoms with van der Waals surface area (Å²) in [6.45, 7) is 3.51. The second-order valence-electron chi connectivity index (χ2n) is 7.80. The number of benzene rings is 2. The van der Waals surface area contributed by atoms with Crippen LogP contribution in [0.15, 0.2) is 53.6 Å². The minimum Gasteiger partial charge on any atom is -0.361 e. The molecule has 0 fully saturated rings. The molecule has 1 atom stereocenters. The minimum absolute atomic E-state index is 0.0635. The van der Waals surface area contributed by atoms with Crippen LogP contribution >= 0.6 is 11.8 Å². The van der Waals surface area contributed by atoms with E-state index in [1.54, 1.807) is 32.2 Å². The number of amides is 2. The number of thioether (sulfide) groups is 1. The summed E-state index contributed by atoms with van der Waals surface area (Å²) >= 11 is 1.50. The molecule has 0 saturated heterocycles. The standard InChI is InChI=1S/C23H28N4O4S2/c1-15-8-9-16(2)21(12-15)33(30,31)27-20(10-11-32-3)23(29)26-25-22(28)13-17-14-24-19-7-5-4-6-18(17)19/h4-9,12,14,20,24,27H,10-11,13H2,1-3H3,(H,25,28)(H,26,29). The molecule has 10 heteroatoms. The molecule has 0 aliphatic rings. The molecule has 0 aliphatic carbocycles. The first-order valence-electron chi connectivity index (χ1n) is 10.4. The average Bonchev–Trinajstić information content (AvgIpc) is 3.19. The Balaban J connectivity index is 1.66. The van der Waals surface area contributed by atoms with E-state index < -0.39 is 27.9 Å². The lowest BCUT2D eigenvalue weighted by Crippen LogP contribution is -2.52. The Kier molecular flexibility index (Phi) is 8.17. The molecule has 1 heterocycles. The van der Waals surface area contributed by atoms with Gasteiger partial charge in [0, 0.05) is 17.1 Å². The van der Waals surface area contributed by atoms with E-state index in [9.17, 15) is 18.0 Å². The number of carbonyl (C=O) groups is 2. The van der Waals surface area contributed by atoms with E-state index in [0.29, 0.717) is 11.3 Å². The van der Waals surface area contributed by atoms with Gasteiger partial charge in [-0.25, -0.2) is 8.42 Å². The molecule has 176 valence electrons. The van der Waals surface area contributed by atoms with E-state index in [1.165, 1.54) is 11.8 Å². The fourth-order valence-corrected chi connectivity index (χ4v) is 5.47. The molecule has 3 aromatic rings. The Morgan fingerprint density at radius 1 is 1.09 bits per heavy atom. The molecule has 0 aliphatic heterocycles. The van der Waals surface area contributed by atoms with Gasteiger partial charge in [0.25, 0.3) is 5.91 Å². The summed E-state index contributed by atoms with van der Waals surface area (Å²) in [5.41, 5.74) is 7.87. The van der Waals surface area contributed by atoms with Crippen LogP contribution < -0.4 is 15.6 Å². The monoisotopic (exact) mass is 488 g/mol. The van der Waals surface area contributed by atoms with Gasteiger partial charge in [0.05, 0.1) is 11.3 Å². The second kappa shape index (κ2) is 10.9. The third kappa shape index (κ3) is 6.37. The largest absolute Gasteiger partial charge is 0.361 e. The van der Waals surface area contributed by atoms with Crippen LogP contribution in [0.25, 0.3) is 10.9 Å². The van der Waals surface area contributed by atoms with Gasteiger partial charge >= 0.3 is 0 Å². The summed E-state index contributed by atoms with van der Waals surface area (Å²) in [4.78, 5) is 28.4. The molecule has 0 radical (unpaired) electrons. The average molecular weight is 489 g/mol. The number of hydrogen-bond donors (Lipinski definition) is 4. The van der Waals surface area contributed by atoms with Crippen molar-refractivity contribution >= 4 is 44.5 Å². The number of nitrogens with one attached hydrogen (secondary N) is 4. The molecular formula is C23H28N4O4S2. The number of aryl methyl sites for hydroxylation is 2. The van der Waals surface area contributed by atoms with E-state index in [2.05, 4.69) is 20.6 Å². The highest BCUT2D eigenvalue weighted by Gasteiger charge is 2.27. The van der Waals surface area contributed by atoms with Gasteiger partial charge in [-0.15, -0.1) is 0 Å². The predicted octanol–water partition coefficient (Wildman–Crippen LogP) is 2.57. The summed E-state index contributed by atoms with van der Waals surface area (Å²) in [5.74, 6) is -0.462. The van der Waals surface area contributed by atoms with Crippen LogP contribution in [0.3, 0.4) is 0 Å². The molecule has 0 bridgehead atoms. The summed E-state index contributed by atoms with van der Waals surface area (Å²) in [7, 11) is -3.93. The number of aromatic nitrogens is 1. The topological polar surface area (TPSA) is 120 Å². The highest BCUT2D eigenvalue weighted by atomic mass is 32.2. The fourth-order valence-electron chi connectivity index (χ4n) is 3.44. The molecule has 33 heavy (non-hydrogen) atoms. The van der Waals surface area contributed by atoms with Crippen LogP contribution in [0.2, 0.25) is 0 Å². The zero-order valence-electron chi connectivity index (χ0n) is 18.8. The predicted molar refractivity (Wildman–Crippen MR) is 131 cm³/mol. The van der Waals surface area contributed by atoms with Gasteiger partial charge in [0.1, 0.15) is 6.04 Å². The van der Waals surface area contributed by atoms with Gasteiger partial charge in [-0.3, -0.25) is 20.4 Å². The Morgan fingerprint density at radius 2 is 1.85 bits per heavy atom. The van der Waals surface area contributed by atoms with Crippen LogP contribution in [-0.2, 0) is 26.0 Å². The van der Waals surface area contributed by atoms with Gasteiger partial charge in [0.2, 0.25) is 15.9 Å². The first-order valence-corrected chi connectivity index (χ1v) is 13.3. The smallest absolute Gasteiger partial charge is 0.256 e. The molecule has 2 amide bonds. The van der Waals surface area contributed by atoms with E-state index in [1.807, 2.05) is 36.6 Å². The number of H-pyrrole nitrogens is 1. The number of carbonyl (C=O) groups excluding carboxylic acids is 2. The quantitative estimate of drug-likeness (QED) is 0.345. The van der Waals surface area contributed by atoms with Crippen molar-refractivity contribution in [2.24, 2.45) is 0 Å². The highest BCUT2D eigenvalue weighted by molar-refractivity contribution is 7.98. The van der Waals surface area contributed by atoms with Crippen LogP contribution in [0, 0.1) is 13.8 Å². The van der Waals surface area contributed by atoms with Gasteiger partial charge in [-0.05, 0) is 61.1 Å². The lowest BCUT2D eigenvalue weighted by Gasteiger charge is -2.19. The first-order chi connectivity index (χ1) is 15.7. The molecule has 0 saturated carbocycles. The Morgan fingerprint density at radius 3 is 2.61 bits per heavy atom. The summed E-state index contributed by atoms with van der Waals surface area (Å²) < 4.78 is 28.4. The van der Waals surface area contributed by atoms with Crippen molar-refractivity contribution in [1.82, 2.24) is 20.6 Å². The lowest BCUT2D eigenvalue weighted by molar-refractivity contribution is -0.129. The molecule has 2 aromatic carbocycles. The van der Waals surface area contributed by atoms with Gasteiger partial charge in [0.15, 0.2) is 0 Å². The maximum Gasteiger partial charge on any atom is 0.256 e. The van der Waals surface area contributed by atoms with Gasteiger partial charge < -0.3 is 4.98 Å². The Bertz CT molecular complexity index is 1250. The number of hydrogen-bond acceptors (Lipinski definition) is 5. The molecule has 4 N–H and O–H groups in total. The highest BCUT2D eigenvalue weighted by Crippen LogP contribution is 2.19. The van der Waals surface area contributed by atoms with Crippen molar-refractivity contribution < 1.29 is 18.0 Å². The van der Waals surface area contributed by atoms with Crippen molar-refractivity contribution in [3.8, 4) is 0 Å². The van der Waals surface area contributed by atoms with Crippen molar-refractivity contribution in [3.05, 3.63) is 65.4 Å². The fraction of sp³-hybridized carbons (Fsp3) is 0.304. The molecule has 1 unspecified atom stereocenters. The zero-order valence-corrected chi connectivity index (χ0v) is 20.4. The molecular weight excluding hydrogens is 460 g/mol. The van der Waals surface area contributed by atoms with E-state index in [0.717, 1.165) is 22.0 Å². The second-order valence-corrected chi connectivity index (χ2v) is 10.5. The van der Waals surface area contributed by atoms with Crippen molar-refractivity contribution in [2.75, 3.05) is 12.0 Å². The summed E-state index contributed by atoms with van der Waals surface area (Å²) in [6.07, 6.45) is 3.96. The molecule has 0 spiro atoms. The van der Waals surface area contributed by atoms with Gasteiger partial charge in [-0.2, -0.15) is 16.5 Å². The van der Waals surface area contributed by atoms with E-state index in [-0.39, 0.29) is 17.7 Å². The number of hydrazine groups is 1. The third-order valence-corrected chi connectivity index (χ3v) is 7.47. The zero-order chi connectivity index (χ0) is 24.0. The maximum atomic E-state index is 13.0. The number of para-hydroxylation sites is 1. The molecule has 1 aromatic heterocycles. The summed E-state index contributed by atoms with van der Waals surface area (Å²) in [5, 5.41) is 0.929. The maximum absolute atomic E-state index is 13.0. The van der Waals surface area contributed by atoms with Crippen LogP contribution in [0.4, 0.5) is 0 Å². The van der Waals surface area contributed by atoms with Crippen LogP contribution in [-0.4, -0.2) is 43.3 Å². The lowest BCUT2D eigenvalue weighted by atomic mass is 10.1. The van der Waals surface area contributed by atoms with Crippen LogP contribution in [0.5, 0.6) is 0 Å². The minimum atomic E-state index is -3.93. The number of fused-ring (bicyclic) bond motifs is 1. The molecule has 3 rings (SSSR count).